The number of hydrogen-bond acceptors (Lipinski definition) is 2. The third-order valence-electron chi connectivity index (χ3n) is 6.38. The Morgan fingerprint density at radius 2 is 1.86 bits per heavy atom. The van der Waals surface area contributed by atoms with Crippen molar-refractivity contribution in [3.8, 4) is 0 Å². The van der Waals surface area contributed by atoms with Crippen LogP contribution >= 0.6 is 0 Å². The molecule has 2 aliphatic carbocycles. The summed E-state index contributed by atoms with van der Waals surface area (Å²) in [7, 11) is 0. The fourth-order valence-electron chi connectivity index (χ4n) is 4.75. The lowest BCUT2D eigenvalue weighted by Crippen LogP contribution is -2.48. The number of carbonyl (C=O) groups is 1. The molecule has 3 fully saturated rings. The predicted octanol–water partition coefficient (Wildman–Crippen LogP) is 4.90. The van der Waals surface area contributed by atoms with E-state index in [1.54, 1.807) is 0 Å². The van der Waals surface area contributed by atoms with Gasteiger partial charge in [-0.25, -0.2) is 0 Å². The maximum atomic E-state index is 12.8. The molecule has 1 saturated heterocycles. The molecule has 0 aromatic heterocycles. The Morgan fingerprint density at radius 1 is 1.10 bits per heavy atom. The summed E-state index contributed by atoms with van der Waals surface area (Å²) in [4.78, 5) is 12.8. The van der Waals surface area contributed by atoms with Crippen LogP contribution in [0.3, 0.4) is 0 Å². The second-order valence-corrected chi connectivity index (χ2v) is 7.84. The molecule has 0 aromatic rings. The molecule has 3 rings (SSSR count). The van der Waals surface area contributed by atoms with E-state index in [2.05, 4.69) is 6.92 Å². The monoisotopic (exact) mass is 292 g/mol. The number of hydrogen-bond donors (Lipinski definition) is 0. The van der Waals surface area contributed by atoms with Gasteiger partial charge in [-0.2, -0.15) is 0 Å². The molecule has 21 heavy (non-hydrogen) atoms. The molecule has 2 nitrogen and oxygen atoms in total. The summed E-state index contributed by atoms with van der Waals surface area (Å²) in [6, 6.07) is 0. The second-order valence-electron chi connectivity index (χ2n) is 7.84. The van der Waals surface area contributed by atoms with Gasteiger partial charge in [0.15, 0.2) is 0 Å². The first kappa shape index (κ1) is 15.5. The third-order valence-corrected chi connectivity index (χ3v) is 6.38. The zero-order valence-electron chi connectivity index (χ0n) is 13.7. The van der Waals surface area contributed by atoms with E-state index in [0.717, 1.165) is 38.2 Å². The van der Waals surface area contributed by atoms with Gasteiger partial charge in [0.25, 0.3) is 0 Å². The minimum Gasteiger partial charge on any atom is -0.375 e. The Kier molecular flexibility index (Phi) is 5.03. The van der Waals surface area contributed by atoms with Crippen LogP contribution in [-0.2, 0) is 9.53 Å². The smallest absolute Gasteiger partial charge is 0.139 e. The van der Waals surface area contributed by atoms with Gasteiger partial charge in [0.05, 0.1) is 5.60 Å². The average molecular weight is 292 g/mol. The third kappa shape index (κ3) is 3.52. The van der Waals surface area contributed by atoms with Crippen LogP contribution in [-0.4, -0.2) is 18.0 Å². The van der Waals surface area contributed by atoms with Crippen molar-refractivity contribution in [2.24, 2.45) is 17.8 Å². The van der Waals surface area contributed by atoms with Crippen LogP contribution in [0, 0.1) is 17.8 Å². The van der Waals surface area contributed by atoms with Crippen LogP contribution in [0.25, 0.3) is 0 Å². The first-order chi connectivity index (χ1) is 10.2. The summed E-state index contributed by atoms with van der Waals surface area (Å²) in [5.74, 6) is 2.19. The average Bonchev–Trinajstić information content (AvgIpc) is 2.51. The van der Waals surface area contributed by atoms with Crippen LogP contribution in [0.4, 0.5) is 0 Å². The summed E-state index contributed by atoms with van der Waals surface area (Å²) in [6.45, 7) is 3.10. The molecule has 1 atom stereocenters. The highest BCUT2D eigenvalue weighted by atomic mass is 16.5. The molecule has 0 amide bonds. The molecule has 1 aliphatic heterocycles. The highest BCUT2D eigenvalue weighted by molar-refractivity contribution is 5.83. The van der Waals surface area contributed by atoms with Crippen LogP contribution in [0.2, 0.25) is 0 Å². The summed E-state index contributed by atoms with van der Waals surface area (Å²) < 4.78 is 5.98. The molecule has 2 heteroatoms. The van der Waals surface area contributed by atoms with Gasteiger partial charge in [0.2, 0.25) is 0 Å². The van der Waals surface area contributed by atoms with Crippen molar-refractivity contribution in [2.45, 2.75) is 89.6 Å². The van der Waals surface area contributed by atoms with E-state index < -0.39 is 0 Å². The molecular formula is C19H32O2. The van der Waals surface area contributed by atoms with Gasteiger partial charge < -0.3 is 4.74 Å². The fraction of sp³-hybridized carbons (Fsp3) is 0.947. The van der Waals surface area contributed by atoms with Crippen molar-refractivity contribution in [1.29, 1.82) is 0 Å². The van der Waals surface area contributed by atoms with Gasteiger partial charge in [-0.15, -0.1) is 0 Å². The largest absolute Gasteiger partial charge is 0.375 e. The van der Waals surface area contributed by atoms with E-state index in [1.165, 1.54) is 51.4 Å². The van der Waals surface area contributed by atoms with E-state index in [4.69, 9.17) is 4.74 Å². The van der Waals surface area contributed by atoms with Gasteiger partial charge in [-0.05, 0) is 63.7 Å². The number of ketones is 1. The van der Waals surface area contributed by atoms with Gasteiger partial charge >= 0.3 is 0 Å². The van der Waals surface area contributed by atoms with Crippen molar-refractivity contribution in [3.05, 3.63) is 0 Å². The molecule has 0 bridgehead atoms. The lowest BCUT2D eigenvalue weighted by molar-refractivity contribution is -0.158. The number of carbonyl (C=O) groups excluding carboxylic acids is 1. The van der Waals surface area contributed by atoms with Crippen molar-refractivity contribution >= 4 is 5.78 Å². The fourth-order valence-corrected chi connectivity index (χ4v) is 4.75. The Bertz CT molecular complexity index is 351. The maximum absolute atomic E-state index is 12.8. The van der Waals surface area contributed by atoms with E-state index in [1.807, 2.05) is 0 Å². The van der Waals surface area contributed by atoms with E-state index in [0.29, 0.717) is 17.6 Å². The van der Waals surface area contributed by atoms with Gasteiger partial charge in [0, 0.05) is 18.4 Å². The van der Waals surface area contributed by atoms with Crippen LogP contribution in [0.1, 0.15) is 84.0 Å². The summed E-state index contributed by atoms with van der Waals surface area (Å²) in [6.07, 6.45) is 14.7. The number of unbranched alkanes of at least 4 members (excludes halogenated alkanes) is 1. The topological polar surface area (TPSA) is 26.3 Å². The molecule has 2 saturated carbocycles. The number of rotatable bonds is 5. The molecule has 0 aromatic carbocycles. The summed E-state index contributed by atoms with van der Waals surface area (Å²) in [5, 5.41) is 0. The Balaban J connectivity index is 1.47. The lowest BCUT2D eigenvalue weighted by atomic mass is 9.68. The van der Waals surface area contributed by atoms with Crippen molar-refractivity contribution in [1.82, 2.24) is 0 Å². The van der Waals surface area contributed by atoms with Crippen LogP contribution in [0.15, 0.2) is 0 Å². The quantitative estimate of drug-likeness (QED) is 0.720. The van der Waals surface area contributed by atoms with Gasteiger partial charge in [0.1, 0.15) is 5.78 Å². The zero-order chi connectivity index (χ0) is 14.7. The van der Waals surface area contributed by atoms with Crippen LogP contribution < -0.4 is 0 Å². The molecular weight excluding hydrogens is 260 g/mol. The molecule has 3 aliphatic rings. The Labute approximate surface area is 130 Å². The van der Waals surface area contributed by atoms with Crippen molar-refractivity contribution < 1.29 is 9.53 Å². The maximum Gasteiger partial charge on any atom is 0.139 e. The number of Topliss-reactive ketones (excluding diaryl/α,β-unsaturated/α-hetero) is 1. The van der Waals surface area contributed by atoms with Gasteiger partial charge in [-0.3, -0.25) is 4.79 Å². The summed E-state index contributed by atoms with van der Waals surface area (Å²) in [5.41, 5.74) is 0.122. The minimum absolute atomic E-state index is 0.122. The van der Waals surface area contributed by atoms with Crippen molar-refractivity contribution in [2.75, 3.05) is 6.61 Å². The predicted molar refractivity (Wildman–Crippen MR) is 85.2 cm³/mol. The molecule has 1 spiro atoms. The molecule has 1 heterocycles. The summed E-state index contributed by atoms with van der Waals surface area (Å²) >= 11 is 0. The van der Waals surface area contributed by atoms with E-state index in [9.17, 15) is 4.79 Å². The lowest BCUT2D eigenvalue weighted by Gasteiger charge is -2.47. The zero-order valence-corrected chi connectivity index (χ0v) is 13.7. The van der Waals surface area contributed by atoms with Crippen LogP contribution in [0.5, 0.6) is 0 Å². The highest BCUT2D eigenvalue weighted by Gasteiger charge is 2.45. The van der Waals surface area contributed by atoms with E-state index in [-0.39, 0.29) is 5.60 Å². The molecule has 0 radical (unpaired) electrons. The standard InChI is InChI=1S/C19H32O2/c1-2-3-5-15-6-8-16(9-7-15)18(20)17-10-13-21-19(14-17)11-4-12-19/h15-17H,2-14H2,1H3. The second kappa shape index (κ2) is 6.81. The minimum atomic E-state index is 0.122. The molecule has 0 N–H and O–H groups in total. The van der Waals surface area contributed by atoms with Crippen molar-refractivity contribution in [3.63, 3.8) is 0 Å². The van der Waals surface area contributed by atoms with Gasteiger partial charge in [-0.1, -0.05) is 26.2 Å². The molecule has 1 unspecified atom stereocenters. The first-order valence-electron chi connectivity index (χ1n) is 9.40. The SMILES string of the molecule is CCCCC1CCC(C(=O)C2CCOC3(CCC3)C2)CC1. The van der Waals surface area contributed by atoms with E-state index >= 15 is 0 Å². The normalized spacial score (nSPS) is 35.4. The molecule has 120 valence electrons. The Morgan fingerprint density at radius 3 is 2.48 bits per heavy atom. The number of ether oxygens (including phenoxy) is 1. The highest BCUT2D eigenvalue weighted by Crippen LogP contribution is 2.45. The first-order valence-corrected chi connectivity index (χ1v) is 9.40. The Hall–Kier alpha value is -0.370.